The van der Waals surface area contributed by atoms with Gasteiger partial charge in [-0.1, -0.05) is 13.8 Å². The number of likely N-dealkylation sites (N-methyl/N-ethyl adjacent to an activating group) is 2. The Morgan fingerprint density at radius 1 is 1.33 bits per heavy atom. The van der Waals surface area contributed by atoms with Crippen LogP contribution in [0.4, 0.5) is 0 Å². The fourth-order valence-electron chi connectivity index (χ4n) is 2.31. The van der Waals surface area contributed by atoms with E-state index in [9.17, 15) is 8.42 Å². The third-order valence-corrected chi connectivity index (χ3v) is 6.37. The second-order valence-electron chi connectivity index (χ2n) is 5.35. The number of nitrogens with one attached hydrogen (secondary N) is 1. The molecule has 0 radical (unpaired) electrons. The summed E-state index contributed by atoms with van der Waals surface area (Å²) in [6.07, 6.45) is 0. The molecule has 0 amide bonds. The smallest absolute Gasteiger partial charge is 0.244 e. The van der Waals surface area contributed by atoms with Crippen LogP contribution in [0.2, 0.25) is 0 Å². The SMILES string of the molecule is CCNCc1cc(S(=O)(=O)N(CC)C(C)CN(C)C)cs1. The molecule has 5 nitrogen and oxygen atoms in total. The molecule has 122 valence electrons. The molecule has 0 aliphatic carbocycles. The zero-order chi connectivity index (χ0) is 16.0. The summed E-state index contributed by atoms with van der Waals surface area (Å²) in [5.41, 5.74) is 0. The summed E-state index contributed by atoms with van der Waals surface area (Å²) >= 11 is 1.49. The van der Waals surface area contributed by atoms with E-state index in [4.69, 9.17) is 0 Å². The first-order valence-electron chi connectivity index (χ1n) is 7.27. The van der Waals surface area contributed by atoms with Crippen LogP contribution in [0.15, 0.2) is 16.3 Å². The van der Waals surface area contributed by atoms with Gasteiger partial charge < -0.3 is 10.2 Å². The van der Waals surface area contributed by atoms with Crippen LogP contribution in [0.3, 0.4) is 0 Å². The van der Waals surface area contributed by atoms with Crippen LogP contribution in [0.1, 0.15) is 25.6 Å². The van der Waals surface area contributed by atoms with Gasteiger partial charge in [-0.2, -0.15) is 4.31 Å². The third-order valence-electron chi connectivity index (χ3n) is 3.22. The van der Waals surface area contributed by atoms with Crippen LogP contribution < -0.4 is 5.32 Å². The quantitative estimate of drug-likeness (QED) is 0.749. The Morgan fingerprint density at radius 3 is 2.52 bits per heavy atom. The molecule has 0 saturated carbocycles. The summed E-state index contributed by atoms with van der Waals surface area (Å²) in [5.74, 6) is 0. The first-order chi connectivity index (χ1) is 9.82. The predicted octanol–water partition coefficient (Wildman–Crippen LogP) is 1.82. The van der Waals surface area contributed by atoms with E-state index in [0.717, 1.165) is 18.0 Å². The van der Waals surface area contributed by atoms with Crippen molar-refractivity contribution in [3.63, 3.8) is 0 Å². The van der Waals surface area contributed by atoms with E-state index in [1.165, 1.54) is 11.3 Å². The van der Waals surface area contributed by atoms with Crippen LogP contribution >= 0.6 is 11.3 Å². The summed E-state index contributed by atoms with van der Waals surface area (Å²) in [6.45, 7) is 8.66. The Hall–Kier alpha value is -0.470. The molecular formula is C14H27N3O2S2. The maximum atomic E-state index is 12.8. The summed E-state index contributed by atoms with van der Waals surface area (Å²) in [6, 6.07) is 1.74. The molecule has 1 rings (SSSR count). The zero-order valence-corrected chi connectivity index (χ0v) is 15.2. The molecule has 1 N–H and O–H groups in total. The van der Waals surface area contributed by atoms with Crippen molar-refractivity contribution in [3.05, 3.63) is 16.3 Å². The Bertz CT molecular complexity index is 526. The molecule has 1 aromatic rings. The minimum atomic E-state index is -3.41. The highest BCUT2D eigenvalue weighted by Crippen LogP contribution is 2.24. The van der Waals surface area contributed by atoms with Gasteiger partial charge in [0, 0.05) is 35.9 Å². The van der Waals surface area contributed by atoms with Gasteiger partial charge in [0.1, 0.15) is 0 Å². The maximum absolute atomic E-state index is 12.8. The number of rotatable bonds is 9. The highest BCUT2D eigenvalue weighted by molar-refractivity contribution is 7.89. The normalized spacial score (nSPS) is 14.0. The number of sulfonamides is 1. The van der Waals surface area contributed by atoms with Crippen molar-refractivity contribution in [2.45, 2.75) is 38.3 Å². The van der Waals surface area contributed by atoms with Crippen LogP contribution in [-0.2, 0) is 16.6 Å². The third kappa shape index (κ3) is 5.03. The number of nitrogens with zero attached hydrogens (tertiary/aromatic N) is 2. The summed E-state index contributed by atoms with van der Waals surface area (Å²) in [5, 5.41) is 4.96. The minimum Gasteiger partial charge on any atom is -0.312 e. The molecule has 1 unspecified atom stereocenters. The average Bonchev–Trinajstić information content (AvgIpc) is 2.85. The Labute approximate surface area is 133 Å². The lowest BCUT2D eigenvalue weighted by Gasteiger charge is -2.28. The topological polar surface area (TPSA) is 52.7 Å². The number of hydrogen-bond acceptors (Lipinski definition) is 5. The molecule has 7 heteroatoms. The van der Waals surface area contributed by atoms with Gasteiger partial charge >= 0.3 is 0 Å². The predicted molar refractivity (Wildman–Crippen MR) is 89.3 cm³/mol. The van der Waals surface area contributed by atoms with Gasteiger partial charge in [-0.25, -0.2) is 8.42 Å². The molecular weight excluding hydrogens is 306 g/mol. The standard InChI is InChI=1S/C14H27N3O2S2/c1-6-15-9-13-8-14(11-20-13)21(18,19)17(7-2)12(3)10-16(4)5/h8,11-12,15H,6-7,9-10H2,1-5H3. The van der Waals surface area contributed by atoms with Crippen LogP contribution in [0, 0.1) is 0 Å². The van der Waals surface area contributed by atoms with E-state index in [1.807, 2.05) is 39.8 Å². The van der Waals surface area contributed by atoms with E-state index in [-0.39, 0.29) is 6.04 Å². The minimum absolute atomic E-state index is 0.0490. The molecule has 0 aliphatic rings. The van der Waals surface area contributed by atoms with Crippen molar-refractivity contribution in [1.82, 2.24) is 14.5 Å². The summed E-state index contributed by atoms with van der Waals surface area (Å²) in [4.78, 5) is 3.46. The van der Waals surface area contributed by atoms with E-state index in [2.05, 4.69) is 5.32 Å². The fourth-order valence-corrected chi connectivity index (χ4v) is 5.17. The first kappa shape index (κ1) is 18.6. The lowest BCUT2D eigenvalue weighted by atomic mass is 10.3. The average molecular weight is 334 g/mol. The van der Waals surface area contributed by atoms with Crippen molar-refractivity contribution in [2.24, 2.45) is 0 Å². The molecule has 1 heterocycles. The van der Waals surface area contributed by atoms with Crippen molar-refractivity contribution in [2.75, 3.05) is 33.7 Å². The van der Waals surface area contributed by atoms with E-state index in [1.54, 1.807) is 15.8 Å². The Morgan fingerprint density at radius 2 is 2.00 bits per heavy atom. The fraction of sp³-hybridized carbons (Fsp3) is 0.714. The maximum Gasteiger partial charge on any atom is 0.244 e. The van der Waals surface area contributed by atoms with E-state index >= 15 is 0 Å². The number of thiophene rings is 1. The van der Waals surface area contributed by atoms with Gasteiger partial charge in [-0.15, -0.1) is 11.3 Å². The second kappa shape index (κ2) is 8.24. The second-order valence-corrected chi connectivity index (χ2v) is 8.24. The van der Waals surface area contributed by atoms with Crippen molar-refractivity contribution in [3.8, 4) is 0 Å². The van der Waals surface area contributed by atoms with Gasteiger partial charge in [-0.05, 0) is 33.6 Å². The van der Waals surface area contributed by atoms with Gasteiger partial charge in [0.2, 0.25) is 10.0 Å². The largest absolute Gasteiger partial charge is 0.312 e. The van der Waals surface area contributed by atoms with Gasteiger partial charge in [0.05, 0.1) is 4.90 Å². The van der Waals surface area contributed by atoms with E-state index in [0.29, 0.717) is 18.0 Å². The molecule has 0 spiro atoms. The van der Waals surface area contributed by atoms with Gasteiger partial charge in [0.25, 0.3) is 0 Å². The first-order valence-corrected chi connectivity index (χ1v) is 9.59. The van der Waals surface area contributed by atoms with Gasteiger partial charge in [0.15, 0.2) is 0 Å². The highest BCUT2D eigenvalue weighted by atomic mass is 32.2. The molecule has 0 bridgehead atoms. The molecule has 21 heavy (non-hydrogen) atoms. The van der Waals surface area contributed by atoms with Crippen LogP contribution in [0.25, 0.3) is 0 Å². The van der Waals surface area contributed by atoms with Gasteiger partial charge in [-0.3, -0.25) is 0 Å². The van der Waals surface area contributed by atoms with Crippen LogP contribution in [0.5, 0.6) is 0 Å². The van der Waals surface area contributed by atoms with Crippen LogP contribution in [-0.4, -0.2) is 57.4 Å². The molecule has 0 saturated heterocycles. The van der Waals surface area contributed by atoms with Crippen molar-refractivity contribution in [1.29, 1.82) is 0 Å². The van der Waals surface area contributed by atoms with E-state index < -0.39 is 10.0 Å². The molecule has 0 aromatic carbocycles. The number of hydrogen-bond donors (Lipinski definition) is 1. The lowest BCUT2D eigenvalue weighted by molar-refractivity contribution is 0.271. The molecule has 1 aromatic heterocycles. The van der Waals surface area contributed by atoms with Crippen molar-refractivity contribution < 1.29 is 8.42 Å². The molecule has 1 atom stereocenters. The monoisotopic (exact) mass is 333 g/mol. The zero-order valence-electron chi connectivity index (χ0n) is 13.6. The lowest BCUT2D eigenvalue weighted by Crippen LogP contribution is -2.43. The molecule has 0 fully saturated rings. The van der Waals surface area contributed by atoms with Crippen molar-refractivity contribution >= 4 is 21.4 Å². The Balaban J connectivity index is 2.93. The molecule has 0 aliphatic heterocycles. The highest BCUT2D eigenvalue weighted by Gasteiger charge is 2.28. The Kier molecular flexibility index (Phi) is 7.29. The summed E-state index contributed by atoms with van der Waals surface area (Å²) in [7, 11) is 0.498. The summed E-state index contributed by atoms with van der Waals surface area (Å²) < 4.78 is 27.1.